The number of anilines is 3. The van der Waals surface area contributed by atoms with Crippen molar-refractivity contribution >= 4 is 72.3 Å². The summed E-state index contributed by atoms with van der Waals surface area (Å²) in [6.45, 7) is 0. The zero-order valence-electron chi connectivity index (χ0n) is 12.1. The molecule has 1 aliphatic carbocycles. The van der Waals surface area contributed by atoms with Crippen LogP contribution in [0.4, 0.5) is 25.8 Å². The highest BCUT2D eigenvalue weighted by Crippen LogP contribution is 2.36. The molecule has 9 heteroatoms. The lowest BCUT2D eigenvalue weighted by molar-refractivity contribution is 0.512. The lowest BCUT2D eigenvalue weighted by atomic mass is 10.2. The lowest BCUT2D eigenvalue weighted by Gasteiger charge is -2.16. The van der Waals surface area contributed by atoms with Crippen molar-refractivity contribution < 1.29 is 17.2 Å². The Morgan fingerprint density at radius 2 is 1.71 bits per heavy atom. The van der Waals surface area contributed by atoms with E-state index in [9.17, 15) is 17.2 Å². The van der Waals surface area contributed by atoms with Crippen LogP contribution in [0, 0.1) is 18.8 Å². The Kier molecular flexibility index (Phi) is 5.21. The van der Waals surface area contributed by atoms with Crippen molar-refractivity contribution in [2.75, 3.05) is 10.0 Å². The minimum absolute atomic E-state index is 0.00449. The Bertz CT molecular complexity index is 903. The summed E-state index contributed by atoms with van der Waals surface area (Å²) in [5.41, 5.74) is 0.334. The minimum Gasteiger partial charge on any atom is -0.350 e. The summed E-state index contributed by atoms with van der Waals surface area (Å²) >= 11 is 4.22. The molecule has 2 aromatic carbocycles. The molecule has 0 aromatic heterocycles. The van der Waals surface area contributed by atoms with Gasteiger partial charge in [-0.2, -0.15) is 0 Å². The molecule has 1 aliphatic rings. The number of hydrogen-bond acceptors (Lipinski definition) is 3. The third kappa shape index (κ3) is 3.93. The van der Waals surface area contributed by atoms with E-state index in [-0.39, 0.29) is 11.4 Å². The van der Waals surface area contributed by atoms with Crippen LogP contribution < -0.4 is 10.0 Å². The van der Waals surface area contributed by atoms with E-state index >= 15 is 0 Å². The van der Waals surface area contributed by atoms with Crippen LogP contribution in [-0.2, 0) is 10.0 Å². The first-order chi connectivity index (χ1) is 11.3. The van der Waals surface area contributed by atoms with Crippen molar-refractivity contribution in [2.45, 2.75) is 18.1 Å². The van der Waals surface area contributed by atoms with Crippen LogP contribution in [0.15, 0.2) is 30.3 Å². The third-order valence-corrected chi connectivity index (χ3v) is 6.92. The molecule has 0 aliphatic heterocycles. The number of nitrogens with one attached hydrogen (secondary N) is 2. The van der Waals surface area contributed by atoms with Crippen LogP contribution in [0.2, 0.25) is 0 Å². The topological polar surface area (TPSA) is 58.2 Å². The maximum Gasteiger partial charge on any atom is 0.235 e. The molecule has 3 rings (SSSR count). The Hall–Kier alpha value is -0.690. The summed E-state index contributed by atoms with van der Waals surface area (Å²) in [7, 11) is -3.58. The van der Waals surface area contributed by atoms with Crippen molar-refractivity contribution in [1.82, 2.24) is 0 Å². The molecule has 0 spiro atoms. The normalized spacial score (nSPS) is 14.5. The van der Waals surface area contributed by atoms with Crippen LogP contribution in [0.5, 0.6) is 0 Å². The molecule has 0 atom stereocenters. The molecular formula is C15H12F2I2N2O2S. The molecule has 0 bridgehead atoms. The molecule has 24 heavy (non-hydrogen) atoms. The summed E-state index contributed by atoms with van der Waals surface area (Å²) in [4.78, 5) is 0. The fourth-order valence-corrected chi connectivity index (χ4v) is 5.24. The maximum atomic E-state index is 14.3. The fourth-order valence-electron chi connectivity index (χ4n) is 2.10. The largest absolute Gasteiger partial charge is 0.350 e. The second-order valence-corrected chi connectivity index (χ2v) is 9.75. The molecule has 0 radical (unpaired) electrons. The van der Waals surface area contributed by atoms with Crippen LogP contribution in [-0.4, -0.2) is 13.7 Å². The predicted molar refractivity (Wildman–Crippen MR) is 107 cm³/mol. The fraction of sp³-hybridized carbons (Fsp3) is 0.200. The zero-order chi connectivity index (χ0) is 17.5. The average molecular weight is 576 g/mol. The summed E-state index contributed by atoms with van der Waals surface area (Å²) in [5, 5.41) is 2.35. The molecule has 0 heterocycles. The summed E-state index contributed by atoms with van der Waals surface area (Å²) in [6, 6.07) is 7.54. The Morgan fingerprint density at radius 1 is 1.04 bits per heavy atom. The molecule has 4 nitrogen and oxygen atoms in total. The summed E-state index contributed by atoms with van der Waals surface area (Å²) in [6.07, 6.45) is 1.16. The van der Waals surface area contributed by atoms with E-state index in [1.165, 1.54) is 6.07 Å². The molecule has 0 unspecified atom stereocenters. The van der Waals surface area contributed by atoms with Gasteiger partial charge >= 0.3 is 0 Å². The van der Waals surface area contributed by atoms with E-state index < -0.39 is 26.9 Å². The van der Waals surface area contributed by atoms with Crippen molar-refractivity contribution in [1.29, 1.82) is 0 Å². The van der Waals surface area contributed by atoms with Crippen LogP contribution >= 0.6 is 45.2 Å². The minimum atomic E-state index is -3.58. The Balaban J connectivity index is 2.00. The van der Waals surface area contributed by atoms with Gasteiger partial charge in [0.1, 0.15) is 5.69 Å². The van der Waals surface area contributed by atoms with Crippen molar-refractivity contribution in [3.05, 3.63) is 49.1 Å². The monoisotopic (exact) mass is 576 g/mol. The van der Waals surface area contributed by atoms with Crippen molar-refractivity contribution in [3.63, 3.8) is 0 Å². The van der Waals surface area contributed by atoms with Gasteiger partial charge in [-0.1, -0.05) is 0 Å². The van der Waals surface area contributed by atoms with Crippen molar-refractivity contribution in [2.24, 2.45) is 0 Å². The first-order valence-corrected chi connectivity index (χ1v) is 10.7. The summed E-state index contributed by atoms with van der Waals surface area (Å²) in [5.74, 6) is -2.17. The van der Waals surface area contributed by atoms with Gasteiger partial charge < -0.3 is 5.32 Å². The molecule has 1 fully saturated rings. The SMILES string of the molecule is O=S(=O)(Nc1ccc(F)c(F)c1Nc1ccc(I)cc1I)C1CC1. The van der Waals surface area contributed by atoms with E-state index in [0.717, 1.165) is 13.2 Å². The van der Waals surface area contributed by atoms with Crippen molar-refractivity contribution in [3.8, 4) is 0 Å². The van der Waals surface area contributed by atoms with E-state index in [1.807, 2.05) is 12.1 Å². The van der Waals surface area contributed by atoms with Gasteiger partial charge in [0.2, 0.25) is 10.0 Å². The van der Waals surface area contributed by atoms with Crippen LogP contribution in [0.3, 0.4) is 0 Å². The van der Waals surface area contributed by atoms with Gasteiger partial charge in [-0.15, -0.1) is 0 Å². The first kappa shape index (κ1) is 18.1. The standard InChI is InChI=1S/C15H12F2I2N2O2S/c16-10-4-6-13(21-24(22,23)9-2-3-9)15(14(10)17)20-12-5-1-8(18)7-11(12)19/h1,4-7,9,20-21H,2-3H2. The van der Waals surface area contributed by atoms with Gasteiger partial charge in [-0.3, -0.25) is 4.72 Å². The molecule has 2 aromatic rings. The lowest BCUT2D eigenvalue weighted by Crippen LogP contribution is -2.18. The van der Waals surface area contributed by atoms with Gasteiger partial charge in [-0.05, 0) is 88.4 Å². The van der Waals surface area contributed by atoms with E-state index in [1.54, 1.807) is 6.07 Å². The van der Waals surface area contributed by atoms with E-state index in [4.69, 9.17) is 0 Å². The van der Waals surface area contributed by atoms with Gasteiger partial charge in [0, 0.05) is 7.14 Å². The highest BCUT2D eigenvalue weighted by atomic mass is 127. The van der Waals surface area contributed by atoms with E-state index in [0.29, 0.717) is 18.5 Å². The number of hydrogen-bond donors (Lipinski definition) is 2. The molecule has 2 N–H and O–H groups in total. The zero-order valence-corrected chi connectivity index (χ0v) is 17.2. The van der Waals surface area contributed by atoms with Gasteiger partial charge in [0.25, 0.3) is 0 Å². The maximum absolute atomic E-state index is 14.3. The first-order valence-electron chi connectivity index (χ1n) is 6.99. The molecule has 128 valence electrons. The number of benzene rings is 2. The average Bonchev–Trinajstić information content (AvgIpc) is 3.34. The highest BCUT2D eigenvalue weighted by Gasteiger charge is 2.36. The number of sulfonamides is 1. The van der Waals surface area contributed by atoms with Crippen LogP contribution in [0.1, 0.15) is 12.8 Å². The number of rotatable bonds is 5. The third-order valence-electron chi connectivity index (χ3n) is 3.50. The Morgan fingerprint density at radius 3 is 2.33 bits per heavy atom. The van der Waals surface area contributed by atoms with E-state index in [2.05, 4.69) is 55.2 Å². The summed E-state index contributed by atoms with van der Waals surface area (Å²) < 4.78 is 56.3. The molecule has 0 saturated heterocycles. The van der Waals surface area contributed by atoms with Gasteiger partial charge in [-0.25, -0.2) is 17.2 Å². The predicted octanol–water partition coefficient (Wildman–Crippen LogP) is 4.82. The number of halogens is 4. The Labute approximate surface area is 165 Å². The smallest absolute Gasteiger partial charge is 0.235 e. The van der Waals surface area contributed by atoms with Crippen LogP contribution in [0.25, 0.3) is 0 Å². The second kappa shape index (κ2) is 6.90. The molecule has 0 amide bonds. The van der Waals surface area contributed by atoms with Gasteiger partial charge in [0.15, 0.2) is 11.6 Å². The molecule has 1 saturated carbocycles. The van der Waals surface area contributed by atoms with Gasteiger partial charge in [0.05, 0.1) is 16.6 Å². The molecular weight excluding hydrogens is 564 g/mol. The quantitative estimate of drug-likeness (QED) is 0.503. The second-order valence-electron chi connectivity index (χ2n) is 5.38. The highest BCUT2D eigenvalue weighted by molar-refractivity contribution is 14.1.